The van der Waals surface area contributed by atoms with Crippen molar-refractivity contribution in [2.75, 3.05) is 11.2 Å². The Morgan fingerprint density at radius 2 is 2.38 bits per heavy atom. The van der Waals surface area contributed by atoms with Crippen LogP contribution in [0.3, 0.4) is 0 Å². The molecule has 0 aliphatic rings. The van der Waals surface area contributed by atoms with Crippen molar-refractivity contribution < 1.29 is 0 Å². The fourth-order valence-corrected chi connectivity index (χ4v) is 2.13. The Bertz CT molecular complexity index is 246. The average Bonchev–Trinajstić information content (AvgIpc) is 2.61. The molecule has 0 saturated heterocycles. The highest BCUT2D eigenvalue weighted by Crippen LogP contribution is 2.17. The number of nitrogens with zero attached hydrogens (tertiary/aromatic N) is 1. The number of aromatic nitrogens is 1. The van der Waals surface area contributed by atoms with E-state index in [1.807, 2.05) is 0 Å². The molecule has 1 heterocycles. The van der Waals surface area contributed by atoms with Crippen LogP contribution in [-0.2, 0) is 6.42 Å². The van der Waals surface area contributed by atoms with E-state index in [1.54, 1.807) is 11.3 Å². The normalized spacial score (nSPS) is 12.8. The lowest BCUT2D eigenvalue weighted by Gasteiger charge is -2.11. The first-order valence-electron chi connectivity index (χ1n) is 4.57. The number of anilines is 1. The molecule has 0 saturated carbocycles. The predicted octanol–water partition coefficient (Wildman–Crippen LogP) is 3.13. The minimum absolute atomic E-state index is 0.345. The van der Waals surface area contributed by atoms with Gasteiger partial charge in [0.25, 0.3) is 0 Å². The third kappa shape index (κ3) is 3.16. The van der Waals surface area contributed by atoms with Gasteiger partial charge in [0.05, 0.1) is 5.69 Å². The van der Waals surface area contributed by atoms with Crippen LogP contribution in [-0.4, -0.2) is 16.9 Å². The zero-order valence-corrected chi connectivity index (χ0v) is 9.58. The Hall–Kier alpha value is -0.280. The fraction of sp³-hybridized carbons (Fsp3) is 0.667. The molecule has 0 aromatic carbocycles. The highest BCUT2D eigenvalue weighted by molar-refractivity contribution is 7.13. The molecule has 0 spiro atoms. The smallest absolute Gasteiger partial charge is 0.183 e. The number of hydrogen-bond donors (Lipinski definition) is 1. The van der Waals surface area contributed by atoms with Gasteiger partial charge < -0.3 is 5.32 Å². The summed E-state index contributed by atoms with van der Waals surface area (Å²) in [5.74, 6) is 0.636. The van der Waals surface area contributed by atoms with Gasteiger partial charge in [-0.15, -0.1) is 22.9 Å². The van der Waals surface area contributed by atoms with E-state index in [-0.39, 0.29) is 0 Å². The van der Waals surface area contributed by atoms with E-state index in [2.05, 4.69) is 29.5 Å². The molecule has 1 atom stereocenters. The lowest BCUT2D eigenvalue weighted by Crippen LogP contribution is -2.19. The third-order valence-electron chi connectivity index (χ3n) is 1.92. The maximum absolute atomic E-state index is 5.77. The molecule has 0 radical (unpaired) electrons. The van der Waals surface area contributed by atoms with Crippen LogP contribution >= 0.6 is 22.9 Å². The van der Waals surface area contributed by atoms with Crippen molar-refractivity contribution in [1.82, 2.24) is 4.98 Å². The first-order chi connectivity index (χ1) is 6.30. The zero-order chi connectivity index (χ0) is 9.68. The summed E-state index contributed by atoms with van der Waals surface area (Å²) in [4.78, 5) is 4.41. The molecule has 1 aromatic heterocycles. The van der Waals surface area contributed by atoms with E-state index < -0.39 is 0 Å². The van der Waals surface area contributed by atoms with Crippen molar-refractivity contribution in [2.45, 2.75) is 32.7 Å². The molecule has 0 aliphatic heterocycles. The van der Waals surface area contributed by atoms with E-state index >= 15 is 0 Å². The Morgan fingerprint density at radius 1 is 1.62 bits per heavy atom. The van der Waals surface area contributed by atoms with Crippen LogP contribution in [0.1, 0.15) is 26.0 Å². The van der Waals surface area contributed by atoms with Crippen LogP contribution in [0, 0.1) is 0 Å². The van der Waals surface area contributed by atoms with Gasteiger partial charge in [0.2, 0.25) is 0 Å². The van der Waals surface area contributed by atoms with E-state index in [9.17, 15) is 0 Å². The summed E-state index contributed by atoms with van der Waals surface area (Å²) in [5, 5.41) is 6.39. The van der Waals surface area contributed by atoms with Crippen LogP contribution in [0.5, 0.6) is 0 Å². The second-order valence-electron chi connectivity index (χ2n) is 2.90. The first-order valence-corrected chi connectivity index (χ1v) is 5.98. The molecule has 0 amide bonds. The first kappa shape index (κ1) is 10.8. The summed E-state index contributed by atoms with van der Waals surface area (Å²) in [6, 6.07) is 0.345. The number of alkyl halides is 1. The van der Waals surface area contributed by atoms with E-state index in [4.69, 9.17) is 11.6 Å². The molecular formula is C9H15ClN2S. The van der Waals surface area contributed by atoms with Crippen molar-refractivity contribution in [3.63, 3.8) is 0 Å². The Morgan fingerprint density at radius 3 is 2.85 bits per heavy atom. The number of rotatable bonds is 5. The fourth-order valence-electron chi connectivity index (χ4n) is 0.960. The molecule has 1 rings (SSSR count). The monoisotopic (exact) mass is 218 g/mol. The van der Waals surface area contributed by atoms with Gasteiger partial charge in [0.1, 0.15) is 0 Å². The molecule has 1 N–H and O–H groups in total. The second-order valence-corrected chi connectivity index (χ2v) is 4.07. The topological polar surface area (TPSA) is 24.9 Å². The number of nitrogens with one attached hydrogen (secondary N) is 1. The number of aryl methyl sites for hydroxylation is 1. The van der Waals surface area contributed by atoms with E-state index in [1.165, 1.54) is 0 Å². The van der Waals surface area contributed by atoms with Crippen molar-refractivity contribution >= 4 is 28.1 Å². The summed E-state index contributed by atoms with van der Waals surface area (Å²) in [6.45, 7) is 4.23. The number of halogens is 1. The Kier molecular flexibility index (Phi) is 4.53. The average molecular weight is 219 g/mol. The molecule has 2 nitrogen and oxygen atoms in total. The Balaban J connectivity index is 2.52. The van der Waals surface area contributed by atoms with Crippen LogP contribution < -0.4 is 5.32 Å². The van der Waals surface area contributed by atoms with Gasteiger partial charge in [-0.1, -0.05) is 13.8 Å². The van der Waals surface area contributed by atoms with Gasteiger partial charge in [-0.2, -0.15) is 0 Å². The van der Waals surface area contributed by atoms with Crippen LogP contribution in [0.25, 0.3) is 0 Å². The molecule has 13 heavy (non-hydrogen) atoms. The molecule has 0 bridgehead atoms. The molecule has 1 aromatic rings. The second kappa shape index (κ2) is 5.45. The molecule has 74 valence electrons. The minimum atomic E-state index is 0.345. The van der Waals surface area contributed by atoms with Gasteiger partial charge in [-0.25, -0.2) is 4.98 Å². The highest BCUT2D eigenvalue weighted by Gasteiger charge is 2.06. The third-order valence-corrected chi connectivity index (χ3v) is 3.12. The summed E-state index contributed by atoms with van der Waals surface area (Å²) in [7, 11) is 0. The zero-order valence-electron chi connectivity index (χ0n) is 8.01. The van der Waals surface area contributed by atoms with Gasteiger partial charge >= 0.3 is 0 Å². The maximum atomic E-state index is 5.77. The largest absolute Gasteiger partial charge is 0.358 e. The van der Waals surface area contributed by atoms with E-state index in [0.29, 0.717) is 11.9 Å². The minimum Gasteiger partial charge on any atom is -0.358 e. The maximum Gasteiger partial charge on any atom is 0.183 e. The summed E-state index contributed by atoms with van der Waals surface area (Å²) >= 11 is 7.42. The van der Waals surface area contributed by atoms with E-state index in [0.717, 1.165) is 23.7 Å². The number of thiazole rings is 1. The quantitative estimate of drug-likeness (QED) is 0.769. The van der Waals surface area contributed by atoms with Gasteiger partial charge in [-0.3, -0.25) is 0 Å². The predicted molar refractivity (Wildman–Crippen MR) is 59.9 cm³/mol. The van der Waals surface area contributed by atoms with Crippen molar-refractivity contribution in [3.8, 4) is 0 Å². The standard InChI is InChI=1S/C9H15ClN2S/c1-3-7(5-10)11-9-12-8(4-2)6-13-9/h6-7H,3-5H2,1-2H3,(H,11,12). The van der Waals surface area contributed by atoms with Crippen LogP contribution in [0.2, 0.25) is 0 Å². The summed E-state index contributed by atoms with van der Waals surface area (Å²) in [6.07, 6.45) is 2.03. The highest BCUT2D eigenvalue weighted by atomic mass is 35.5. The molecule has 4 heteroatoms. The Labute approximate surface area is 88.3 Å². The van der Waals surface area contributed by atoms with Gasteiger partial charge in [0.15, 0.2) is 5.13 Å². The van der Waals surface area contributed by atoms with Gasteiger partial charge in [0, 0.05) is 17.3 Å². The summed E-state index contributed by atoms with van der Waals surface area (Å²) in [5.41, 5.74) is 1.15. The lowest BCUT2D eigenvalue weighted by molar-refractivity contribution is 0.768. The van der Waals surface area contributed by atoms with Crippen LogP contribution in [0.4, 0.5) is 5.13 Å². The molecule has 0 aliphatic carbocycles. The summed E-state index contributed by atoms with van der Waals surface area (Å²) < 4.78 is 0. The van der Waals surface area contributed by atoms with Crippen molar-refractivity contribution in [3.05, 3.63) is 11.1 Å². The van der Waals surface area contributed by atoms with Crippen molar-refractivity contribution in [2.24, 2.45) is 0 Å². The SMILES string of the molecule is CCc1csc(NC(CC)CCl)n1. The van der Waals surface area contributed by atoms with Crippen LogP contribution in [0.15, 0.2) is 5.38 Å². The molecule has 0 fully saturated rings. The lowest BCUT2D eigenvalue weighted by atomic mass is 10.3. The molecular weight excluding hydrogens is 204 g/mol. The van der Waals surface area contributed by atoms with Crippen molar-refractivity contribution in [1.29, 1.82) is 0 Å². The number of hydrogen-bond acceptors (Lipinski definition) is 3. The molecule has 1 unspecified atom stereocenters. The van der Waals surface area contributed by atoms with Gasteiger partial charge in [-0.05, 0) is 12.8 Å².